The van der Waals surface area contributed by atoms with Crippen molar-refractivity contribution in [3.05, 3.63) is 42.5 Å². The average molecular weight is 222 g/mol. The van der Waals surface area contributed by atoms with E-state index in [1.165, 1.54) is 5.56 Å². The Balaban J connectivity index is 0.000000281. The van der Waals surface area contributed by atoms with Crippen molar-refractivity contribution < 1.29 is 10.2 Å². The molecule has 2 nitrogen and oxygen atoms in total. The molecule has 0 heterocycles. The van der Waals surface area contributed by atoms with Crippen LogP contribution in [0.5, 0.6) is 0 Å². The molecule has 90 valence electrons. The second-order valence-corrected chi connectivity index (χ2v) is 3.48. The minimum Gasteiger partial charge on any atom is -0.396 e. The molecule has 0 radical (unpaired) electrons. The zero-order valence-electron chi connectivity index (χ0n) is 9.81. The minimum atomic E-state index is 0.283. The standard InChI is InChI=1S/C8H8.C6H14O2/c1-2-8-6-4-3-5-7-8;7-5-3-1-2-4-6-8/h2-7H,1H2;7-8H,1-6H2. The van der Waals surface area contributed by atoms with Crippen molar-refractivity contribution in [2.75, 3.05) is 13.2 Å². The van der Waals surface area contributed by atoms with E-state index in [9.17, 15) is 0 Å². The van der Waals surface area contributed by atoms with E-state index in [2.05, 4.69) is 6.58 Å². The van der Waals surface area contributed by atoms with E-state index in [0.717, 1.165) is 25.7 Å². The van der Waals surface area contributed by atoms with Crippen molar-refractivity contribution in [3.8, 4) is 0 Å². The quantitative estimate of drug-likeness (QED) is 0.727. The smallest absolute Gasteiger partial charge is 0.0431 e. The number of unbranched alkanes of at least 4 members (excludes halogenated alkanes) is 3. The van der Waals surface area contributed by atoms with Crippen LogP contribution in [0.3, 0.4) is 0 Å². The van der Waals surface area contributed by atoms with E-state index < -0.39 is 0 Å². The number of hydrogen-bond acceptors (Lipinski definition) is 2. The highest BCUT2D eigenvalue weighted by atomic mass is 16.3. The first-order valence-corrected chi connectivity index (χ1v) is 5.74. The van der Waals surface area contributed by atoms with Crippen LogP contribution in [0.25, 0.3) is 6.08 Å². The lowest BCUT2D eigenvalue weighted by Gasteiger charge is -1.93. The summed E-state index contributed by atoms with van der Waals surface area (Å²) in [7, 11) is 0. The van der Waals surface area contributed by atoms with E-state index in [-0.39, 0.29) is 13.2 Å². The molecule has 0 unspecified atom stereocenters. The predicted molar refractivity (Wildman–Crippen MR) is 69.2 cm³/mol. The first-order valence-electron chi connectivity index (χ1n) is 5.74. The van der Waals surface area contributed by atoms with Crippen molar-refractivity contribution in [2.24, 2.45) is 0 Å². The highest BCUT2D eigenvalue weighted by Crippen LogP contribution is 1.97. The lowest BCUT2D eigenvalue weighted by atomic mass is 10.2. The van der Waals surface area contributed by atoms with Crippen molar-refractivity contribution in [3.63, 3.8) is 0 Å². The summed E-state index contributed by atoms with van der Waals surface area (Å²) < 4.78 is 0. The van der Waals surface area contributed by atoms with E-state index in [4.69, 9.17) is 10.2 Å². The third-order valence-corrected chi connectivity index (χ3v) is 2.10. The lowest BCUT2D eigenvalue weighted by molar-refractivity contribution is 0.265. The first-order chi connectivity index (χ1) is 7.85. The summed E-state index contributed by atoms with van der Waals surface area (Å²) in [5.74, 6) is 0. The van der Waals surface area contributed by atoms with Gasteiger partial charge >= 0.3 is 0 Å². The summed E-state index contributed by atoms with van der Waals surface area (Å²) in [5, 5.41) is 16.6. The van der Waals surface area contributed by atoms with Crippen LogP contribution < -0.4 is 0 Å². The molecule has 0 saturated heterocycles. The summed E-state index contributed by atoms with van der Waals surface area (Å²) in [6.07, 6.45) is 5.66. The summed E-state index contributed by atoms with van der Waals surface area (Å²) in [6, 6.07) is 10.0. The molecule has 0 spiro atoms. The fourth-order valence-electron chi connectivity index (χ4n) is 1.17. The summed E-state index contributed by atoms with van der Waals surface area (Å²) in [5.41, 5.74) is 1.17. The van der Waals surface area contributed by atoms with Gasteiger partial charge in [-0.1, -0.05) is 55.8 Å². The molecule has 16 heavy (non-hydrogen) atoms. The Morgan fingerprint density at radius 1 is 0.875 bits per heavy atom. The monoisotopic (exact) mass is 222 g/mol. The second kappa shape index (κ2) is 12.0. The Bertz CT molecular complexity index is 238. The molecule has 0 aliphatic rings. The van der Waals surface area contributed by atoms with E-state index in [1.54, 1.807) is 0 Å². The van der Waals surface area contributed by atoms with Crippen LogP contribution in [0.1, 0.15) is 31.2 Å². The van der Waals surface area contributed by atoms with Gasteiger partial charge in [-0.15, -0.1) is 0 Å². The van der Waals surface area contributed by atoms with Crippen LogP contribution in [0.2, 0.25) is 0 Å². The third kappa shape index (κ3) is 9.44. The minimum absolute atomic E-state index is 0.283. The molecular formula is C14H22O2. The van der Waals surface area contributed by atoms with Crippen LogP contribution in [0, 0.1) is 0 Å². The van der Waals surface area contributed by atoms with Gasteiger partial charge in [0.1, 0.15) is 0 Å². The molecule has 0 aliphatic carbocycles. The molecule has 1 aromatic carbocycles. The number of rotatable bonds is 6. The molecule has 0 aliphatic heterocycles. The third-order valence-electron chi connectivity index (χ3n) is 2.10. The van der Waals surface area contributed by atoms with Crippen LogP contribution in [0.15, 0.2) is 36.9 Å². The Labute approximate surface area is 98.3 Å². The van der Waals surface area contributed by atoms with Gasteiger partial charge in [0.25, 0.3) is 0 Å². The van der Waals surface area contributed by atoms with E-state index in [0.29, 0.717) is 0 Å². The van der Waals surface area contributed by atoms with E-state index in [1.807, 2.05) is 36.4 Å². The van der Waals surface area contributed by atoms with Crippen molar-refractivity contribution >= 4 is 6.08 Å². The summed E-state index contributed by atoms with van der Waals surface area (Å²) >= 11 is 0. The summed E-state index contributed by atoms with van der Waals surface area (Å²) in [4.78, 5) is 0. The van der Waals surface area contributed by atoms with Crippen LogP contribution in [-0.2, 0) is 0 Å². The van der Waals surface area contributed by atoms with Gasteiger partial charge < -0.3 is 10.2 Å². The van der Waals surface area contributed by atoms with Crippen molar-refractivity contribution in [1.29, 1.82) is 0 Å². The molecule has 0 atom stereocenters. The highest BCUT2D eigenvalue weighted by Gasteiger charge is 1.84. The zero-order valence-corrected chi connectivity index (χ0v) is 9.81. The molecule has 1 rings (SSSR count). The van der Waals surface area contributed by atoms with Crippen molar-refractivity contribution in [2.45, 2.75) is 25.7 Å². The van der Waals surface area contributed by atoms with Crippen LogP contribution in [-0.4, -0.2) is 23.4 Å². The SMILES string of the molecule is C=Cc1ccccc1.OCCCCCCO. The molecule has 2 heteroatoms. The normalized spacial score (nSPS) is 9.12. The van der Waals surface area contributed by atoms with Gasteiger partial charge in [0, 0.05) is 13.2 Å². The Morgan fingerprint density at radius 3 is 1.69 bits per heavy atom. The van der Waals surface area contributed by atoms with Crippen molar-refractivity contribution in [1.82, 2.24) is 0 Å². The second-order valence-electron chi connectivity index (χ2n) is 3.48. The van der Waals surface area contributed by atoms with Crippen LogP contribution in [0.4, 0.5) is 0 Å². The fraction of sp³-hybridized carbons (Fsp3) is 0.429. The molecule has 0 fully saturated rings. The van der Waals surface area contributed by atoms with Gasteiger partial charge in [-0.05, 0) is 18.4 Å². The number of hydrogen-bond donors (Lipinski definition) is 2. The fourth-order valence-corrected chi connectivity index (χ4v) is 1.17. The predicted octanol–water partition coefficient (Wildman–Crippen LogP) is 2.86. The topological polar surface area (TPSA) is 40.5 Å². The van der Waals surface area contributed by atoms with Gasteiger partial charge in [-0.3, -0.25) is 0 Å². The van der Waals surface area contributed by atoms with Gasteiger partial charge in [0.2, 0.25) is 0 Å². The number of benzene rings is 1. The van der Waals surface area contributed by atoms with E-state index >= 15 is 0 Å². The van der Waals surface area contributed by atoms with Gasteiger partial charge in [-0.25, -0.2) is 0 Å². The molecule has 2 N–H and O–H groups in total. The maximum atomic E-state index is 8.30. The Morgan fingerprint density at radius 2 is 1.38 bits per heavy atom. The average Bonchev–Trinajstić information content (AvgIpc) is 2.36. The Kier molecular flexibility index (Phi) is 11.1. The molecule has 0 saturated carbocycles. The zero-order chi connectivity index (χ0) is 12.1. The number of aliphatic hydroxyl groups is 2. The maximum Gasteiger partial charge on any atom is 0.0431 e. The molecule has 1 aromatic rings. The molecule has 0 bridgehead atoms. The number of aliphatic hydroxyl groups excluding tert-OH is 2. The highest BCUT2D eigenvalue weighted by molar-refractivity contribution is 5.45. The Hall–Kier alpha value is -1.12. The largest absolute Gasteiger partial charge is 0.396 e. The van der Waals surface area contributed by atoms with Gasteiger partial charge in [0.05, 0.1) is 0 Å². The lowest BCUT2D eigenvalue weighted by Crippen LogP contribution is -1.85. The summed E-state index contributed by atoms with van der Waals surface area (Å²) in [6.45, 7) is 4.20. The van der Waals surface area contributed by atoms with Crippen LogP contribution >= 0.6 is 0 Å². The van der Waals surface area contributed by atoms with Gasteiger partial charge in [-0.2, -0.15) is 0 Å². The molecule has 0 amide bonds. The maximum absolute atomic E-state index is 8.30. The van der Waals surface area contributed by atoms with Gasteiger partial charge in [0.15, 0.2) is 0 Å². The molecular weight excluding hydrogens is 200 g/mol. The first kappa shape index (κ1) is 14.9. The molecule has 0 aromatic heterocycles.